The van der Waals surface area contributed by atoms with Gasteiger partial charge in [0.1, 0.15) is 0 Å². The second-order valence-electron chi connectivity index (χ2n) is 5.08. The summed E-state index contributed by atoms with van der Waals surface area (Å²) >= 11 is 0. The first-order chi connectivity index (χ1) is 8.53. The number of nitrogens with one attached hydrogen (secondary N) is 1. The van der Waals surface area contributed by atoms with Crippen LogP contribution in [-0.4, -0.2) is 22.2 Å². The van der Waals surface area contributed by atoms with Crippen molar-refractivity contribution < 1.29 is 5.11 Å². The predicted octanol–water partition coefficient (Wildman–Crippen LogP) is 2.39. The minimum Gasteiger partial charge on any atom is -0.398 e. The number of fused-ring (bicyclic) bond motifs is 1. The van der Waals surface area contributed by atoms with E-state index in [0.717, 1.165) is 22.3 Å². The third kappa shape index (κ3) is 2.54. The summed E-state index contributed by atoms with van der Waals surface area (Å²) in [7, 11) is 0. The van der Waals surface area contributed by atoms with Crippen molar-refractivity contribution in [2.24, 2.45) is 0 Å². The van der Waals surface area contributed by atoms with E-state index in [4.69, 9.17) is 10.8 Å². The first-order valence-electron chi connectivity index (χ1n) is 6.06. The Morgan fingerprint density at radius 1 is 1.33 bits per heavy atom. The highest BCUT2D eigenvalue weighted by Crippen LogP contribution is 2.28. The Hall–Kier alpha value is -1.81. The normalized spacial score (nSPS) is 11.7. The van der Waals surface area contributed by atoms with Gasteiger partial charge in [0.15, 0.2) is 0 Å². The van der Waals surface area contributed by atoms with Crippen molar-refractivity contribution in [2.75, 3.05) is 17.7 Å². The molecule has 0 aliphatic rings. The lowest BCUT2D eigenvalue weighted by Gasteiger charge is -2.27. The van der Waals surface area contributed by atoms with E-state index in [1.165, 1.54) is 0 Å². The van der Waals surface area contributed by atoms with Gasteiger partial charge in [0, 0.05) is 29.4 Å². The number of hydrogen-bond donors (Lipinski definition) is 3. The molecule has 2 rings (SSSR count). The molecule has 0 aliphatic carbocycles. The van der Waals surface area contributed by atoms with Crippen molar-refractivity contribution in [3.05, 3.63) is 30.5 Å². The van der Waals surface area contributed by atoms with Gasteiger partial charge in [-0.05, 0) is 44.5 Å². The van der Waals surface area contributed by atoms with Crippen molar-refractivity contribution in [1.82, 2.24) is 4.98 Å². The molecular weight excluding hydrogens is 226 g/mol. The average molecular weight is 245 g/mol. The van der Waals surface area contributed by atoms with Gasteiger partial charge < -0.3 is 16.2 Å². The Labute approximate surface area is 107 Å². The number of nitrogens with zero attached hydrogens (tertiary/aromatic N) is 1. The third-order valence-electron chi connectivity index (χ3n) is 3.01. The summed E-state index contributed by atoms with van der Waals surface area (Å²) in [6.45, 7) is 4.25. The van der Waals surface area contributed by atoms with Gasteiger partial charge >= 0.3 is 0 Å². The van der Waals surface area contributed by atoms with Crippen molar-refractivity contribution in [3.63, 3.8) is 0 Å². The molecule has 96 valence electrons. The topological polar surface area (TPSA) is 71.2 Å². The maximum atomic E-state index is 9.06. The molecule has 0 aliphatic heterocycles. The van der Waals surface area contributed by atoms with Crippen LogP contribution in [0.1, 0.15) is 20.3 Å². The van der Waals surface area contributed by atoms with Gasteiger partial charge in [-0.3, -0.25) is 4.98 Å². The zero-order chi connectivity index (χ0) is 13.2. The largest absolute Gasteiger partial charge is 0.398 e. The Morgan fingerprint density at radius 3 is 2.83 bits per heavy atom. The quantitative estimate of drug-likeness (QED) is 0.723. The number of nitrogens with two attached hydrogens (primary N) is 1. The Balaban J connectivity index is 2.43. The molecule has 0 unspecified atom stereocenters. The van der Waals surface area contributed by atoms with Crippen LogP contribution in [-0.2, 0) is 0 Å². The summed E-state index contributed by atoms with van der Waals surface area (Å²) in [4.78, 5) is 4.38. The zero-order valence-electron chi connectivity index (χ0n) is 10.8. The maximum Gasteiger partial charge on any atom is 0.0954 e. The van der Waals surface area contributed by atoms with Crippen molar-refractivity contribution in [3.8, 4) is 0 Å². The van der Waals surface area contributed by atoms with E-state index in [1.54, 1.807) is 6.20 Å². The lowest BCUT2D eigenvalue weighted by atomic mass is 10.00. The lowest BCUT2D eigenvalue weighted by molar-refractivity contribution is 0.261. The van der Waals surface area contributed by atoms with Crippen LogP contribution in [0.5, 0.6) is 0 Å². The first-order valence-corrected chi connectivity index (χ1v) is 6.06. The van der Waals surface area contributed by atoms with E-state index in [-0.39, 0.29) is 12.1 Å². The van der Waals surface area contributed by atoms with Crippen molar-refractivity contribution in [1.29, 1.82) is 0 Å². The van der Waals surface area contributed by atoms with Crippen molar-refractivity contribution in [2.45, 2.75) is 25.8 Å². The van der Waals surface area contributed by atoms with Gasteiger partial charge in [-0.2, -0.15) is 0 Å². The summed E-state index contributed by atoms with van der Waals surface area (Å²) in [6, 6.07) is 7.65. The molecule has 0 spiro atoms. The Kier molecular flexibility index (Phi) is 3.39. The second-order valence-corrected chi connectivity index (χ2v) is 5.08. The first kappa shape index (κ1) is 12.6. The molecule has 0 fully saturated rings. The smallest absolute Gasteiger partial charge is 0.0954 e. The monoisotopic (exact) mass is 245 g/mol. The number of aliphatic hydroxyl groups excluding tert-OH is 1. The molecule has 0 atom stereocenters. The lowest BCUT2D eigenvalue weighted by Crippen LogP contribution is -2.32. The Bertz CT molecular complexity index is 552. The molecule has 2 aromatic rings. The number of benzene rings is 1. The number of aliphatic hydroxyl groups is 1. The van der Waals surface area contributed by atoms with E-state index in [2.05, 4.69) is 10.3 Å². The molecule has 1 heterocycles. The molecule has 4 nitrogen and oxygen atoms in total. The molecule has 0 bridgehead atoms. The standard InChI is InChI=1S/C14H19N3O/c1-14(2,7-9-18)17-12-6-5-11(15)10-4-3-8-16-13(10)12/h3-6,8,17-18H,7,9,15H2,1-2H3. The van der Waals surface area contributed by atoms with E-state index in [0.29, 0.717) is 6.42 Å². The summed E-state index contributed by atoms with van der Waals surface area (Å²) in [6.07, 6.45) is 2.43. The maximum absolute atomic E-state index is 9.06. The van der Waals surface area contributed by atoms with E-state index in [1.807, 2.05) is 38.1 Å². The van der Waals surface area contributed by atoms with Crippen LogP contribution in [0.25, 0.3) is 10.9 Å². The van der Waals surface area contributed by atoms with Crippen molar-refractivity contribution >= 4 is 22.3 Å². The molecule has 4 heteroatoms. The van der Waals surface area contributed by atoms with Crippen LogP contribution in [0.4, 0.5) is 11.4 Å². The highest BCUT2D eigenvalue weighted by Gasteiger charge is 2.18. The van der Waals surface area contributed by atoms with E-state index in [9.17, 15) is 0 Å². The highest BCUT2D eigenvalue weighted by atomic mass is 16.3. The molecule has 4 N–H and O–H groups in total. The minimum atomic E-state index is -0.185. The fraction of sp³-hybridized carbons (Fsp3) is 0.357. The summed E-state index contributed by atoms with van der Waals surface area (Å²) in [5.74, 6) is 0. The number of hydrogen-bond acceptors (Lipinski definition) is 4. The van der Waals surface area contributed by atoms with Crippen LogP contribution < -0.4 is 11.1 Å². The fourth-order valence-electron chi connectivity index (χ4n) is 2.00. The predicted molar refractivity (Wildman–Crippen MR) is 75.6 cm³/mol. The van der Waals surface area contributed by atoms with Gasteiger partial charge in [0.2, 0.25) is 0 Å². The third-order valence-corrected chi connectivity index (χ3v) is 3.01. The van der Waals surface area contributed by atoms with Gasteiger partial charge in [-0.1, -0.05) is 0 Å². The SMILES string of the molecule is CC(C)(CCO)Nc1ccc(N)c2cccnc12. The van der Waals surface area contributed by atoms with Gasteiger partial charge in [-0.15, -0.1) is 0 Å². The van der Waals surface area contributed by atoms with Crippen LogP contribution in [0.15, 0.2) is 30.5 Å². The highest BCUT2D eigenvalue weighted by molar-refractivity contribution is 5.98. The molecule has 0 saturated carbocycles. The van der Waals surface area contributed by atoms with Crippen LogP contribution in [0.2, 0.25) is 0 Å². The van der Waals surface area contributed by atoms with Gasteiger partial charge in [-0.25, -0.2) is 0 Å². The molecular formula is C14H19N3O. The molecule has 1 aromatic carbocycles. The average Bonchev–Trinajstić information content (AvgIpc) is 2.33. The zero-order valence-corrected chi connectivity index (χ0v) is 10.8. The second kappa shape index (κ2) is 4.82. The summed E-state index contributed by atoms with van der Waals surface area (Å²) in [5.41, 5.74) is 8.29. The molecule has 18 heavy (non-hydrogen) atoms. The number of aromatic nitrogens is 1. The fourth-order valence-corrected chi connectivity index (χ4v) is 2.00. The van der Waals surface area contributed by atoms with Crippen LogP contribution >= 0.6 is 0 Å². The molecule has 1 aromatic heterocycles. The number of nitrogen functional groups attached to an aromatic ring is 1. The summed E-state index contributed by atoms with van der Waals surface area (Å²) < 4.78 is 0. The minimum absolute atomic E-state index is 0.153. The van der Waals surface area contributed by atoms with E-state index >= 15 is 0 Å². The van der Waals surface area contributed by atoms with Crippen LogP contribution in [0, 0.1) is 0 Å². The van der Waals surface area contributed by atoms with E-state index < -0.39 is 0 Å². The number of pyridine rings is 1. The number of rotatable bonds is 4. The number of anilines is 2. The Morgan fingerprint density at radius 2 is 2.11 bits per heavy atom. The van der Waals surface area contributed by atoms with Gasteiger partial charge in [0.25, 0.3) is 0 Å². The molecule has 0 radical (unpaired) electrons. The molecule has 0 saturated heterocycles. The van der Waals surface area contributed by atoms with Gasteiger partial charge in [0.05, 0.1) is 11.2 Å². The summed E-state index contributed by atoms with van der Waals surface area (Å²) in [5, 5.41) is 13.4. The van der Waals surface area contributed by atoms with Crippen LogP contribution in [0.3, 0.4) is 0 Å². The molecule has 0 amide bonds.